The number of carbonyl (C=O) groups excluding carboxylic acids is 1. The number of alkyl carbamates (subject to hydrolysis) is 1. The van der Waals surface area contributed by atoms with Crippen LogP contribution >= 0.6 is 11.9 Å². The summed E-state index contributed by atoms with van der Waals surface area (Å²) >= 11 is 1.69. The van der Waals surface area contributed by atoms with Crippen LogP contribution in [0.2, 0.25) is 0 Å². The zero-order valence-corrected chi connectivity index (χ0v) is 15.6. The molecule has 1 saturated carbocycles. The topological polar surface area (TPSA) is 86.5 Å². The molecule has 2 heterocycles. The summed E-state index contributed by atoms with van der Waals surface area (Å²) in [7, 11) is 1.59. The van der Waals surface area contributed by atoms with Crippen molar-refractivity contribution in [3.8, 4) is 0 Å². The Labute approximate surface area is 157 Å². The lowest BCUT2D eigenvalue weighted by molar-refractivity contribution is 0.0688. The second-order valence-electron chi connectivity index (χ2n) is 6.89. The van der Waals surface area contributed by atoms with Crippen LogP contribution in [-0.4, -0.2) is 25.4 Å². The van der Waals surface area contributed by atoms with Gasteiger partial charge in [-0.1, -0.05) is 0 Å². The van der Waals surface area contributed by atoms with Crippen LogP contribution in [0.25, 0.3) is 0 Å². The third kappa shape index (κ3) is 3.92. The number of allylic oxidation sites excluding steroid dienone is 1. The van der Waals surface area contributed by atoms with Crippen LogP contribution in [-0.2, 0) is 11.3 Å². The molecule has 140 valence electrons. The van der Waals surface area contributed by atoms with E-state index < -0.39 is 0 Å². The van der Waals surface area contributed by atoms with Gasteiger partial charge in [0.1, 0.15) is 12.3 Å². The van der Waals surface area contributed by atoms with Gasteiger partial charge in [0.25, 0.3) is 0 Å². The average molecular weight is 375 g/mol. The number of carbonyl (C=O) groups is 1. The van der Waals surface area contributed by atoms with Crippen molar-refractivity contribution in [3.63, 3.8) is 0 Å². The van der Waals surface area contributed by atoms with Gasteiger partial charge < -0.3 is 20.8 Å². The summed E-state index contributed by atoms with van der Waals surface area (Å²) in [6.45, 7) is 0.911. The number of benzene rings is 1. The number of anilines is 1. The van der Waals surface area contributed by atoms with Crippen LogP contribution in [0.3, 0.4) is 0 Å². The molecule has 1 amide bonds. The summed E-state index contributed by atoms with van der Waals surface area (Å²) in [5.41, 5.74) is 10.3. The maximum Gasteiger partial charge on any atom is 0.407 e. The molecule has 1 atom stereocenters. The molecular formula is C18H25N5O2S. The fraction of sp³-hybridized carbons (Fsp3) is 0.500. The molecule has 0 saturated heterocycles. The molecule has 0 aromatic heterocycles. The third-order valence-electron chi connectivity index (χ3n) is 5.14. The monoisotopic (exact) mass is 375 g/mol. The number of hydrazine groups is 1. The lowest BCUT2D eigenvalue weighted by atomic mass is 9.85. The molecular weight excluding hydrogens is 350 g/mol. The van der Waals surface area contributed by atoms with Crippen LogP contribution < -0.4 is 26.2 Å². The fourth-order valence-corrected chi connectivity index (χ4v) is 4.50. The lowest BCUT2D eigenvalue weighted by Crippen LogP contribution is -2.38. The maximum atomic E-state index is 11.3. The molecule has 1 fully saturated rings. The third-order valence-corrected chi connectivity index (χ3v) is 6.04. The molecule has 26 heavy (non-hydrogen) atoms. The molecule has 1 unspecified atom stereocenters. The van der Waals surface area contributed by atoms with Crippen molar-refractivity contribution >= 4 is 23.7 Å². The fourth-order valence-electron chi connectivity index (χ4n) is 3.72. The number of ether oxygens (including phenoxy) is 1. The predicted molar refractivity (Wildman–Crippen MR) is 102 cm³/mol. The first-order valence-corrected chi connectivity index (χ1v) is 9.93. The van der Waals surface area contributed by atoms with Crippen molar-refractivity contribution in [1.82, 2.24) is 20.9 Å². The molecule has 3 aliphatic rings. The highest BCUT2D eigenvalue weighted by molar-refractivity contribution is 7.97. The van der Waals surface area contributed by atoms with E-state index in [0.717, 1.165) is 37.9 Å². The normalized spacial score (nSPS) is 27.3. The Kier molecular flexibility index (Phi) is 5.23. The van der Waals surface area contributed by atoms with Gasteiger partial charge in [-0.25, -0.2) is 10.2 Å². The summed E-state index contributed by atoms with van der Waals surface area (Å²) in [6.07, 6.45) is 5.87. The minimum absolute atomic E-state index is 0.0352. The Morgan fingerprint density at radius 2 is 2.12 bits per heavy atom. The van der Waals surface area contributed by atoms with E-state index in [2.05, 4.69) is 50.5 Å². The van der Waals surface area contributed by atoms with E-state index in [1.807, 2.05) is 0 Å². The van der Waals surface area contributed by atoms with Gasteiger partial charge in [0.05, 0.1) is 0 Å². The zero-order valence-electron chi connectivity index (χ0n) is 14.8. The highest BCUT2D eigenvalue weighted by atomic mass is 32.2. The lowest BCUT2D eigenvalue weighted by Gasteiger charge is -2.28. The van der Waals surface area contributed by atoms with Gasteiger partial charge >= 0.3 is 6.09 Å². The molecule has 1 aromatic carbocycles. The molecule has 2 aliphatic heterocycles. The molecule has 0 radical (unpaired) electrons. The summed E-state index contributed by atoms with van der Waals surface area (Å²) in [6, 6.07) is 6.48. The number of nitrogens with one attached hydrogen (secondary N) is 5. The first-order chi connectivity index (χ1) is 12.7. The Morgan fingerprint density at radius 3 is 2.92 bits per heavy atom. The van der Waals surface area contributed by atoms with Crippen LogP contribution in [0.4, 0.5) is 10.5 Å². The van der Waals surface area contributed by atoms with Crippen LogP contribution in [0, 0.1) is 5.92 Å². The number of hydrogen-bond donors (Lipinski definition) is 5. The van der Waals surface area contributed by atoms with E-state index in [-0.39, 0.29) is 18.4 Å². The molecule has 8 heteroatoms. The standard InChI is InChI=1S/C18H25N5O2S/c1-19-18(24)25-14-5-2-11(3-6-14)15-9-17(23-22-15)21-13-4-7-16-12(8-13)10-20-26-16/h4,7-9,11,14,17,20-23H,2-3,5-6,10H2,1H3,(H,19,24). The van der Waals surface area contributed by atoms with E-state index in [4.69, 9.17) is 4.74 Å². The van der Waals surface area contributed by atoms with E-state index in [9.17, 15) is 4.79 Å². The number of amides is 1. The highest BCUT2D eigenvalue weighted by Gasteiger charge is 2.28. The van der Waals surface area contributed by atoms with Gasteiger partial charge in [-0.2, -0.15) is 0 Å². The SMILES string of the molecule is CNC(=O)OC1CCC(C2=CC(Nc3ccc4c(c3)CNS4)NN2)CC1. The van der Waals surface area contributed by atoms with Gasteiger partial charge in [-0.15, -0.1) is 0 Å². The van der Waals surface area contributed by atoms with Crippen molar-refractivity contribution in [2.45, 2.75) is 49.4 Å². The molecule has 1 aliphatic carbocycles. The van der Waals surface area contributed by atoms with Crippen LogP contribution in [0.5, 0.6) is 0 Å². The Morgan fingerprint density at radius 1 is 1.27 bits per heavy atom. The van der Waals surface area contributed by atoms with Crippen molar-refractivity contribution in [2.75, 3.05) is 12.4 Å². The van der Waals surface area contributed by atoms with E-state index in [0.29, 0.717) is 5.92 Å². The van der Waals surface area contributed by atoms with E-state index in [1.54, 1.807) is 19.0 Å². The van der Waals surface area contributed by atoms with Crippen molar-refractivity contribution < 1.29 is 9.53 Å². The minimum Gasteiger partial charge on any atom is -0.446 e. The van der Waals surface area contributed by atoms with Gasteiger partial charge in [0.2, 0.25) is 0 Å². The van der Waals surface area contributed by atoms with Crippen molar-refractivity contribution in [2.24, 2.45) is 5.92 Å². The summed E-state index contributed by atoms with van der Waals surface area (Å²) in [5, 5.41) is 6.03. The molecule has 4 rings (SSSR count). The minimum atomic E-state index is -0.333. The molecule has 5 N–H and O–H groups in total. The summed E-state index contributed by atoms with van der Waals surface area (Å²) in [4.78, 5) is 12.6. The number of fused-ring (bicyclic) bond motifs is 1. The van der Waals surface area contributed by atoms with Crippen LogP contribution in [0.1, 0.15) is 31.2 Å². The maximum absolute atomic E-state index is 11.3. The van der Waals surface area contributed by atoms with Gasteiger partial charge in [0.15, 0.2) is 0 Å². The number of rotatable bonds is 4. The second kappa shape index (κ2) is 7.77. The second-order valence-corrected chi connectivity index (χ2v) is 7.82. The largest absolute Gasteiger partial charge is 0.446 e. The molecule has 1 aromatic rings. The molecule has 0 spiro atoms. The number of hydrogen-bond acceptors (Lipinski definition) is 7. The van der Waals surface area contributed by atoms with E-state index in [1.165, 1.54) is 16.2 Å². The van der Waals surface area contributed by atoms with E-state index >= 15 is 0 Å². The Balaban J connectivity index is 1.30. The highest BCUT2D eigenvalue weighted by Crippen LogP contribution is 2.32. The first-order valence-electron chi connectivity index (χ1n) is 9.12. The van der Waals surface area contributed by atoms with Gasteiger partial charge in [0, 0.05) is 35.8 Å². The molecule has 0 bridgehead atoms. The Bertz CT molecular complexity index is 703. The zero-order chi connectivity index (χ0) is 17.9. The van der Waals surface area contributed by atoms with Gasteiger partial charge in [-0.3, -0.25) is 4.72 Å². The predicted octanol–water partition coefficient (Wildman–Crippen LogP) is 2.44. The average Bonchev–Trinajstić information content (AvgIpc) is 3.31. The summed E-state index contributed by atoms with van der Waals surface area (Å²) < 4.78 is 8.65. The van der Waals surface area contributed by atoms with Crippen molar-refractivity contribution in [3.05, 3.63) is 35.5 Å². The van der Waals surface area contributed by atoms with Gasteiger partial charge in [-0.05, 0) is 67.5 Å². The first kappa shape index (κ1) is 17.5. The summed E-state index contributed by atoms with van der Waals surface area (Å²) in [5.74, 6) is 0.486. The smallest absolute Gasteiger partial charge is 0.407 e. The van der Waals surface area contributed by atoms with Crippen LogP contribution in [0.15, 0.2) is 34.9 Å². The Hall–Kier alpha value is -1.90. The van der Waals surface area contributed by atoms with Crippen molar-refractivity contribution in [1.29, 1.82) is 0 Å². The quantitative estimate of drug-likeness (QED) is 0.517. The molecule has 7 nitrogen and oxygen atoms in total.